The molecule has 2 heterocycles. The number of nitrogens with one attached hydrogen (secondary N) is 1. The quantitative estimate of drug-likeness (QED) is 0.934. The van der Waals surface area contributed by atoms with Gasteiger partial charge in [-0.05, 0) is 35.9 Å². The number of fused-ring (bicyclic) bond motifs is 1. The van der Waals surface area contributed by atoms with Crippen molar-refractivity contribution in [3.8, 4) is 5.75 Å². The summed E-state index contributed by atoms with van der Waals surface area (Å²) in [5.41, 5.74) is 3.51. The molecule has 1 fully saturated rings. The van der Waals surface area contributed by atoms with Crippen LogP contribution in [-0.2, 0) is 11.2 Å². The minimum absolute atomic E-state index is 0.120. The van der Waals surface area contributed by atoms with Gasteiger partial charge in [0, 0.05) is 44.0 Å². The first-order valence-corrected chi connectivity index (χ1v) is 8.77. The molecule has 0 bridgehead atoms. The van der Waals surface area contributed by atoms with E-state index in [0.29, 0.717) is 0 Å². The van der Waals surface area contributed by atoms with Gasteiger partial charge in [0.15, 0.2) is 0 Å². The second-order valence-corrected chi connectivity index (χ2v) is 6.57. The number of methoxy groups -OCH3 is 1. The first-order valence-electron chi connectivity index (χ1n) is 8.77. The molecule has 2 aliphatic heterocycles. The van der Waals surface area contributed by atoms with Crippen molar-refractivity contribution in [3.63, 3.8) is 0 Å². The Morgan fingerprint density at radius 2 is 1.76 bits per heavy atom. The van der Waals surface area contributed by atoms with Crippen molar-refractivity contribution >= 4 is 17.3 Å². The number of ether oxygens (including phenoxy) is 1. The van der Waals surface area contributed by atoms with E-state index < -0.39 is 0 Å². The highest BCUT2D eigenvalue weighted by Crippen LogP contribution is 2.27. The number of piperazine rings is 1. The number of benzene rings is 2. The Bertz CT molecular complexity index is 727. The first kappa shape index (κ1) is 15.8. The van der Waals surface area contributed by atoms with Crippen molar-refractivity contribution in [1.82, 2.24) is 4.90 Å². The monoisotopic (exact) mass is 337 g/mol. The maximum Gasteiger partial charge on any atom is 0.245 e. The highest BCUT2D eigenvalue weighted by atomic mass is 16.5. The summed E-state index contributed by atoms with van der Waals surface area (Å²) in [6, 6.07) is 16.2. The Hall–Kier alpha value is -2.69. The average Bonchev–Trinajstić information content (AvgIpc) is 3.12. The van der Waals surface area contributed by atoms with Crippen LogP contribution in [0.2, 0.25) is 0 Å². The van der Waals surface area contributed by atoms with Gasteiger partial charge in [-0.25, -0.2) is 0 Å². The molecule has 1 amide bonds. The zero-order valence-electron chi connectivity index (χ0n) is 14.4. The third-order valence-corrected chi connectivity index (χ3v) is 5.10. The molecule has 0 aromatic heterocycles. The summed E-state index contributed by atoms with van der Waals surface area (Å²) in [6.07, 6.45) is 0.785. The van der Waals surface area contributed by atoms with Gasteiger partial charge < -0.3 is 19.9 Å². The normalized spacial score (nSPS) is 19.3. The van der Waals surface area contributed by atoms with E-state index in [1.807, 2.05) is 35.2 Å². The largest absolute Gasteiger partial charge is 0.497 e. The summed E-state index contributed by atoms with van der Waals surface area (Å²) in [4.78, 5) is 17.1. The van der Waals surface area contributed by atoms with Crippen LogP contribution in [0.3, 0.4) is 0 Å². The number of hydrogen-bond donors (Lipinski definition) is 1. The molecule has 1 N–H and O–H groups in total. The van der Waals surface area contributed by atoms with Crippen LogP contribution in [0.1, 0.15) is 5.56 Å². The van der Waals surface area contributed by atoms with Gasteiger partial charge in [0.05, 0.1) is 7.11 Å². The van der Waals surface area contributed by atoms with E-state index in [-0.39, 0.29) is 11.9 Å². The smallest absolute Gasteiger partial charge is 0.245 e. The van der Waals surface area contributed by atoms with Crippen molar-refractivity contribution in [3.05, 3.63) is 54.1 Å². The van der Waals surface area contributed by atoms with Gasteiger partial charge >= 0.3 is 0 Å². The van der Waals surface area contributed by atoms with Crippen LogP contribution in [0.5, 0.6) is 5.75 Å². The van der Waals surface area contributed by atoms with E-state index in [9.17, 15) is 4.79 Å². The maximum atomic E-state index is 12.8. The molecule has 1 atom stereocenters. The summed E-state index contributed by atoms with van der Waals surface area (Å²) >= 11 is 0. The summed E-state index contributed by atoms with van der Waals surface area (Å²) in [5, 5.41) is 3.37. The topological polar surface area (TPSA) is 44.8 Å². The second-order valence-electron chi connectivity index (χ2n) is 6.57. The van der Waals surface area contributed by atoms with E-state index in [1.54, 1.807) is 7.11 Å². The van der Waals surface area contributed by atoms with Crippen molar-refractivity contribution in [2.24, 2.45) is 0 Å². The molecule has 5 heteroatoms. The summed E-state index contributed by atoms with van der Waals surface area (Å²) in [5.74, 6) is 1.08. The molecule has 2 aromatic rings. The van der Waals surface area contributed by atoms with E-state index in [2.05, 4.69) is 28.4 Å². The lowest BCUT2D eigenvalue weighted by molar-refractivity contribution is -0.132. The number of hydrogen-bond acceptors (Lipinski definition) is 4. The highest BCUT2D eigenvalue weighted by molar-refractivity contribution is 5.87. The Balaban J connectivity index is 1.35. The Morgan fingerprint density at radius 3 is 2.44 bits per heavy atom. The Kier molecular flexibility index (Phi) is 4.22. The molecule has 25 heavy (non-hydrogen) atoms. The number of carbonyl (C=O) groups is 1. The minimum Gasteiger partial charge on any atom is -0.497 e. The van der Waals surface area contributed by atoms with Crippen LogP contribution >= 0.6 is 0 Å². The van der Waals surface area contributed by atoms with E-state index in [1.165, 1.54) is 11.3 Å². The molecule has 0 saturated carbocycles. The van der Waals surface area contributed by atoms with Crippen LogP contribution in [0.25, 0.3) is 0 Å². The van der Waals surface area contributed by atoms with Crippen LogP contribution in [0.4, 0.5) is 11.4 Å². The standard InChI is InChI=1S/C20H23N3O2/c1-25-17-8-6-16(7-9-17)22-10-12-23(13-11-22)20(24)19-14-15-4-2-3-5-18(15)21-19/h2-9,19,21H,10-14H2,1H3/t19-/m1/s1. The Morgan fingerprint density at radius 1 is 1.04 bits per heavy atom. The van der Waals surface area contributed by atoms with Crippen LogP contribution in [0.15, 0.2) is 48.5 Å². The lowest BCUT2D eigenvalue weighted by Crippen LogP contribution is -2.52. The van der Waals surface area contributed by atoms with Gasteiger partial charge in [-0.15, -0.1) is 0 Å². The van der Waals surface area contributed by atoms with Crippen LogP contribution in [-0.4, -0.2) is 50.1 Å². The average molecular weight is 337 g/mol. The zero-order valence-corrected chi connectivity index (χ0v) is 14.4. The third kappa shape index (κ3) is 3.14. The molecule has 0 spiro atoms. The summed E-state index contributed by atoms with van der Waals surface area (Å²) in [6.45, 7) is 3.24. The van der Waals surface area contributed by atoms with Gasteiger partial charge in [-0.3, -0.25) is 4.79 Å². The van der Waals surface area contributed by atoms with Crippen molar-refractivity contribution in [2.75, 3.05) is 43.5 Å². The fourth-order valence-electron chi connectivity index (χ4n) is 3.65. The lowest BCUT2D eigenvalue weighted by atomic mass is 10.1. The second kappa shape index (κ2) is 6.67. The molecule has 0 aliphatic carbocycles. The maximum absolute atomic E-state index is 12.8. The van der Waals surface area contributed by atoms with E-state index in [4.69, 9.17) is 4.74 Å². The molecule has 130 valence electrons. The third-order valence-electron chi connectivity index (χ3n) is 5.10. The summed E-state index contributed by atoms with van der Waals surface area (Å²) < 4.78 is 5.21. The predicted molar refractivity (Wildman–Crippen MR) is 99.3 cm³/mol. The molecule has 5 nitrogen and oxygen atoms in total. The number of rotatable bonds is 3. The summed E-state index contributed by atoms with van der Waals surface area (Å²) in [7, 11) is 1.68. The minimum atomic E-state index is -0.120. The molecule has 0 radical (unpaired) electrons. The highest BCUT2D eigenvalue weighted by Gasteiger charge is 2.31. The SMILES string of the molecule is COc1ccc(N2CCN(C(=O)[C@H]3Cc4ccccc4N3)CC2)cc1. The van der Waals surface area contributed by atoms with Gasteiger partial charge in [-0.1, -0.05) is 18.2 Å². The van der Waals surface area contributed by atoms with Crippen molar-refractivity contribution in [2.45, 2.75) is 12.5 Å². The molecule has 4 rings (SSSR count). The van der Waals surface area contributed by atoms with Gasteiger partial charge in [0.2, 0.25) is 5.91 Å². The molecular formula is C20H23N3O2. The number of amides is 1. The number of nitrogens with zero attached hydrogens (tertiary/aromatic N) is 2. The predicted octanol–water partition coefficient (Wildman–Crippen LogP) is 2.38. The molecule has 2 aliphatic rings. The van der Waals surface area contributed by atoms with Crippen molar-refractivity contribution in [1.29, 1.82) is 0 Å². The number of para-hydroxylation sites is 1. The zero-order chi connectivity index (χ0) is 17.2. The van der Waals surface area contributed by atoms with Gasteiger partial charge in [-0.2, -0.15) is 0 Å². The van der Waals surface area contributed by atoms with Gasteiger partial charge in [0.25, 0.3) is 0 Å². The van der Waals surface area contributed by atoms with E-state index in [0.717, 1.165) is 44.0 Å². The van der Waals surface area contributed by atoms with Gasteiger partial charge in [0.1, 0.15) is 11.8 Å². The molecule has 0 unspecified atom stereocenters. The van der Waals surface area contributed by atoms with Crippen LogP contribution < -0.4 is 15.0 Å². The van der Waals surface area contributed by atoms with Crippen LogP contribution in [0, 0.1) is 0 Å². The number of carbonyl (C=O) groups excluding carboxylic acids is 1. The fraction of sp³-hybridized carbons (Fsp3) is 0.350. The Labute approximate surface area is 148 Å². The lowest BCUT2D eigenvalue weighted by Gasteiger charge is -2.37. The van der Waals surface area contributed by atoms with E-state index >= 15 is 0 Å². The molecule has 2 aromatic carbocycles. The number of anilines is 2. The molecular weight excluding hydrogens is 314 g/mol. The first-order chi connectivity index (χ1) is 12.2. The van der Waals surface area contributed by atoms with Crippen molar-refractivity contribution < 1.29 is 9.53 Å². The molecule has 1 saturated heterocycles. The fourth-order valence-corrected chi connectivity index (χ4v) is 3.65.